The first-order valence-electron chi connectivity index (χ1n) is 5.79. The summed E-state index contributed by atoms with van der Waals surface area (Å²) in [6.07, 6.45) is 0.0244. The van der Waals surface area contributed by atoms with Gasteiger partial charge in [0.05, 0.1) is 11.7 Å². The Balaban J connectivity index is 2.71. The number of fused-ring (bicyclic) bond motifs is 1. The van der Waals surface area contributed by atoms with E-state index < -0.39 is 0 Å². The van der Waals surface area contributed by atoms with Crippen LogP contribution in [0.4, 0.5) is 0 Å². The largest absolute Gasteiger partial charge is 0.490 e. The van der Waals surface area contributed by atoms with Crippen molar-refractivity contribution >= 4 is 16.6 Å². The highest BCUT2D eigenvalue weighted by molar-refractivity contribution is 6.11. The normalized spacial score (nSPS) is 12.1. The topological polar surface area (TPSA) is 67.8 Å². The van der Waals surface area contributed by atoms with E-state index in [1.165, 1.54) is 0 Å². The second-order valence-corrected chi connectivity index (χ2v) is 4.31. The Morgan fingerprint density at radius 1 is 1.22 bits per heavy atom. The lowest BCUT2D eigenvalue weighted by atomic mass is 10.0. The van der Waals surface area contributed by atoms with E-state index in [-0.39, 0.29) is 11.9 Å². The molecular weight excluding hydrogens is 228 g/mol. The lowest BCUT2D eigenvalue weighted by molar-refractivity contribution is 0.242. The Hall–Kier alpha value is -2.23. The summed E-state index contributed by atoms with van der Waals surface area (Å²) in [5, 5.41) is 13.9. The molecule has 0 atom stereocenters. The first kappa shape index (κ1) is 12.2. The Morgan fingerprint density at radius 3 is 2.61 bits per heavy atom. The number of ether oxygens (including phenoxy) is 1. The Labute approximate surface area is 106 Å². The monoisotopic (exact) mass is 244 g/mol. The van der Waals surface area contributed by atoms with Crippen LogP contribution in [-0.4, -0.2) is 17.1 Å². The number of rotatable bonds is 3. The van der Waals surface area contributed by atoms with Crippen molar-refractivity contribution in [1.82, 2.24) is 0 Å². The predicted octanol–water partition coefficient (Wildman–Crippen LogP) is 2.72. The minimum atomic E-state index is 0.0244. The summed E-state index contributed by atoms with van der Waals surface area (Å²) in [5.41, 5.74) is 6.39. The van der Waals surface area contributed by atoms with Crippen molar-refractivity contribution in [2.75, 3.05) is 0 Å². The van der Waals surface area contributed by atoms with E-state index in [2.05, 4.69) is 5.16 Å². The molecule has 4 nitrogen and oxygen atoms in total. The fourth-order valence-electron chi connectivity index (χ4n) is 1.92. The van der Waals surface area contributed by atoms with Gasteiger partial charge in [-0.2, -0.15) is 0 Å². The van der Waals surface area contributed by atoms with Crippen LogP contribution in [0.5, 0.6) is 5.75 Å². The standard InChI is InChI=1S/C14H16N2O2/c1-9(2)18-12-8-7-10-5-3-4-6-11(10)13(12)14(15)16-17/h3-9,17H,1-2H3,(H2,15,16). The Kier molecular flexibility index (Phi) is 3.37. The zero-order chi connectivity index (χ0) is 13.1. The van der Waals surface area contributed by atoms with E-state index in [4.69, 9.17) is 15.7 Å². The van der Waals surface area contributed by atoms with Crippen LogP contribution in [0, 0.1) is 0 Å². The van der Waals surface area contributed by atoms with Gasteiger partial charge in [-0.3, -0.25) is 0 Å². The number of nitrogens with two attached hydrogens (primary N) is 1. The molecule has 0 aromatic heterocycles. The molecule has 0 amide bonds. The minimum absolute atomic E-state index is 0.0244. The second-order valence-electron chi connectivity index (χ2n) is 4.31. The van der Waals surface area contributed by atoms with Crippen LogP contribution in [0.15, 0.2) is 41.6 Å². The van der Waals surface area contributed by atoms with Gasteiger partial charge in [0.1, 0.15) is 5.75 Å². The number of benzene rings is 2. The summed E-state index contributed by atoms with van der Waals surface area (Å²) in [5.74, 6) is 0.682. The van der Waals surface area contributed by atoms with Gasteiger partial charge in [-0.15, -0.1) is 0 Å². The average Bonchev–Trinajstić information content (AvgIpc) is 2.37. The molecule has 0 bridgehead atoms. The van der Waals surface area contributed by atoms with Gasteiger partial charge in [-0.05, 0) is 30.7 Å². The van der Waals surface area contributed by atoms with Crippen molar-refractivity contribution in [3.63, 3.8) is 0 Å². The average molecular weight is 244 g/mol. The molecule has 0 aliphatic heterocycles. The zero-order valence-electron chi connectivity index (χ0n) is 10.4. The summed E-state index contributed by atoms with van der Waals surface area (Å²) < 4.78 is 5.70. The number of nitrogens with zero attached hydrogens (tertiary/aromatic N) is 1. The third kappa shape index (κ3) is 2.22. The summed E-state index contributed by atoms with van der Waals surface area (Å²) in [6, 6.07) is 11.6. The van der Waals surface area contributed by atoms with Gasteiger partial charge in [0.15, 0.2) is 5.84 Å². The van der Waals surface area contributed by atoms with Crippen molar-refractivity contribution in [2.24, 2.45) is 10.9 Å². The van der Waals surface area contributed by atoms with Crippen molar-refractivity contribution in [3.8, 4) is 5.75 Å². The van der Waals surface area contributed by atoms with Crippen LogP contribution in [0.2, 0.25) is 0 Å². The van der Waals surface area contributed by atoms with E-state index in [0.717, 1.165) is 10.8 Å². The van der Waals surface area contributed by atoms with Gasteiger partial charge in [0.25, 0.3) is 0 Å². The van der Waals surface area contributed by atoms with Crippen LogP contribution in [0.1, 0.15) is 19.4 Å². The molecule has 0 heterocycles. The molecule has 4 heteroatoms. The van der Waals surface area contributed by atoms with Crippen molar-refractivity contribution in [3.05, 3.63) is 42.0 Å². The highest BCUT2D eigenvalue weighted by Gasteiger charge is 2.13. The summed E-state index contributed by atoms with van der Waals surface area (Å²) in [4.78, 5) is 0. The molecule has 0 aliphatic rings. The number of hydrogen-bond acceptors (Lipinski definition) is 3. The quantitative estimate of drug-likeness (QED) is 0.377. The lowest BCUT2D eigenvalue weighted by Crippen LogP contribution is -2.17. The van der Waals surface area contributed by atoms with Crippen molar-refractivity contribution < 1.29 is 9.94 Å². The maximum absolute atomic E-state index is 8.91. The summed E-state index contributed by atoms with van der Waals surface area (Å²) in [7, 11) is 0. The molecule has 3 N–H and O–H groups in total. The van der Waals surface area contributed by atoms with Gasteiger partial charge in [0.2, 0.25) is 0 Å². The molecule has 0 saturated carbocycles. The Bertz CT molecular complexity index is 591. The fraction of sp³-hybridized carbons (Fsp3) is 0.214. The molecule has 2 rings (SSSR count). The molecule has 94 valence electrons. The van der Waals surface area contributed by atoms with Crippen molar-refractivity contribution in [2.45, 2.75) is 20.0 Å². The predicted molar refractivity (Wildman–Crippen MR) is 72.2 cm³/mol. The van der Waals surface area contributed by atoms with Gasteiger partial charge in [-0.25, -0.2) is 0 Å². The van der Waals surface area contributed by atoms with E-state index in [1.54, 1.807) is 0 Å². The molecular formula is C14H16N2O2. The third-order valence-electron chi connectivity index (χ3n) is 2.62. The van der Waals surface area contributed by atoms with E-state index >= 15 is 0 Å². The highest BCUT2D eigenvalue weighted by atomic mass is 16.5. The number of amidine groups is 1. The molecule has 0 fully saturated rings. The van der Waals surface area contributed by atoms with Gasteiger partial charge < -0.3 is 15.7 Å². The highest BCUT2D eigenvalue weighted by Crippen LogP contribution is 2.28. The summed E-state index contributed by atoms with van der Waals surface area (Å²) >= 11 is 0. The molecule has 0 aliphatic carbocycles. The fourth-order valence-corrected chi connectivity index (χ4v) is 1.92. The van der Waals surface area contributed by atoms with E-state index in [0.29, 0.717) is 11.3 Å². The van der Waals surface area contributed by atoms with Gasteiger partial charge >= 0.3 is 0 Å². The number of hydrogen-bond donors (Lipinski definition) is 2. The van der Waals surface area contributed by atoms with Crippen LogP contribution in [0.3, 0.4) is 0 Å². The first-order valence-corrected chi connectivity index (χ1v) is 5.79. The van der Waals surface area contributed by atoms with Gasteiger partial charge in [-0.1, -0.05) is 35.5 Å². The molecule has 18 heavy (non-hydrogen) atoms. The Morgan fingerprint density at radius 2 is 1.94 bits per heavy atom. The van der Waals surface area contributed by atoms with Crippen LogP contribution in [0.25, 0.3) is 10.8 Å². The zero-order valence-corrected chi connectivity index (χ0v) is 10.4. The molecule has 0 spiro atoms. The molecule has 0 radical (unpaired) electrons. The number of oxime groups is 1. The first-order chi connectivity index (χ1) is 8.63. The molecule has 2 aromatic rings. The van der Waals surface area contributed by atoms with E-state index in [1.807, 2.05) is 50.2 Å². The molecule has 2 aromatic carbocycles. The second kappa shape index (κ2) is 4.96. The molecule has 0 unspecified atom stereocenters. The van der Waals surface area contributed by atoms with Gasteiger partial charge in [0, 0.05) is 0 Å². The van der Waals surface area contributed by atoms with Crippen molar-refractivity contribution in [1.29, 1.82) is 0 Å². The SMILES string of the molecule is CC(C)Oc1ccc2ccccc2c1/C(N)=N/O. The maximum atomic E-state index is 8.91. The smallest absolute Gasteiger partial charge is 0.174 e. The third-order valence-corrected chi connectivity index (χ3v) is 2.62. The van der Waals surface area contributed by atoms with Crippen LogP contribution < -0.4 is 10.5 Å². The van der Waals surface area contributed by atoms with E-state index in [9.17, 15) is 0 Å². The lowest BCUT2D eigenvalue weighted by Gasteiger charge is -2.15. The minimum Gasteiger partial charge on any atom is -0.490 e. The van der Waals surface area contributed by atoms with Crippen LogP contribution in [-0.2, 0) is 0 Å². The molecule has 0 saturated heterocycles. The van der Waals surface area contributed by atoms with Crippen LogP contribution >= 0.6 is 0 Å². The maximum Gasteiger partial charge on any atom is 0.174 e. The summed E-state index contributed by atoms with van der Waals surface area (Å²) in [6.45, 7) is 3.87.